The van der Waals surface area contributed by atoms with Crippen LogP contribution >= 0.6 is 0 Å². The molecule has 0 aromatic heterocycles. The van der Waals surface area contributed by atoms with Crippen LogP contribution in [0.3, 0.4) is 0 Å². The second kappa shape index (κ2) is 8.00. The monoisotopic (exact) mass is 324 g/mol. The molecule has 2 aromatic rings. The van der Waals surface area contributed by atoms with Crippen molar-refractivity contribution in [2.24, 2.45) is 0 Å². The quantitative estimate of drug-likeness (QED) is 0.851. The molecule has 0 bridgehead atoms. The van der Waals surface area contributed by atoms with Gasteiger partial charge >= 0.3 is 0 Å². The molecule has 0 saturated carbocycles. The highest BCUT2D eigenvalue weighted by Gasteiger charge is 2.18. The molecule has 0 atom stereocenters. The number of hydrogen-bond acceptors (Lipinski definition) is 2. The van der Waals surface area contributed by atoms with E-state index in [2.05, 4.69) is 44.3 Å². The number of nitrogens with one attached hydrogen (secondary N) is 1. The van der Waals surface area contributed by atoms with Gasteiger partial charge in [0.25, 0.3) is 0 Å². The first kappa shape index (κ1) is 18.1. The number of amides is 1. The van der Waals surface area contributed by atoms with E-state index in [1.807, 2.05) is 48.2 Å². The van der Waals surface area contributed by atoms with Crippen molar-refractivity contribution in [3.05, 3.63) is 65.7 Å². The lowest BCUT2D eigenvalue weighted by Crippen LogP contribution is -2.35. The van der Waals surface area contributed by atoms with Crippen LogP contribution in [0.4, 0.5) is 5.69 Å². The molecule has 1 N–H and O–H groups in total. The summed E-state index contributed by atoms with van der Waals surface area (Å²) in [6.07, 6.45) is 0. The molecule has 2 aromatic carbocycles. The summed E-state index contributed by atoms with van der Waals surface area (Å²) >= 11 is 0. The molecule has 0 fully saturated rings. The van der Waals surface area contributed by atoms with E-state index in [4.69, 9.17) is 0 Å². The number of hydrogen-bond donors (Lipinski definition) is 1. The first-order valence-electron chi connectivity index (χ1n) is 8.57. The minimum absolute atomic E-state index is 0.0428. The number of nitrogens with zero attached hydrogens (tertiary/aromatic N) is 1. The van der Waals surface area contributed by atoms with E-state index >= 15 is 0 Å². The third kappa shape index (κ3) is 4.85. The zero-order valence-corrected chi connectivity index (χ0v) is 15.2. The van der Waals surface area contributed by atoms with Crippen molar-refractivity contribution >= 4 is 11.6 Å². The Morgan fingerprint density at radius 2 is 1.62 bits per heavy atom. The van der Waals surface area contributed by atoms with Gasteiger partial charge in [0.2, 0.25) is 5.91 Å². The van der Waals surface area contributed by atoms with E-state index in [0.717, 1.165) is 11.3 Å². The van der Waals surface area contributed by atoms with Crippen molar-refractivity contribution < 1.29 is 4.79 Å². The minimum Gasteiger partial charge on any atom is -0.376 e. The van der Waals surface area contributed by atoms with Crippen molar-refractivity contribution in [1.82, 2.24) is 4.90 Å². The summed E-state index contributed by atoms with van der Waals surface area (Å²) in [5, 5.41) is 3.33. The Hall–Kier alpha value is -2.29. The molecule has 0 aliphatic carbocycles. The lowest BCUT2D eigenvalue weighted by atomic mass is 9.86. The number of carbonyl (C=O) groups excluding carboxylic acids is 1. The summed E-state index contributed by atoms with van der Waals surface area (Å²) in [5.41, 5.74) is 3.46. The number of para-hydroxylation sites is 1. The number of benzene rings is 2. The summed E-state index contributed by atoms with van der Waals surface area (Å²) in [7, 11) is 0. The van der Waals surface area contributed by atoms with Gasteiger partial charge in [0, 0.05) is 18.8 Å². The van der Waals surface area contributed by atoms with E-state index in [1.165, 1.54) is 5.56 Å². The third-order valence-corrected chi connectivity index (χ3v) is 4.12. The summed E-state index contributed by atoms with van der Waals surface area (Å²) in [5.74, 6) is 0.116. The van der Waals surface area contributed by atoms with Gasteiger partial charge in [-0.05, 0) is 29.5 Å². The predicted octanol–water partition coefficient (Wildman–Crippen LogP) is 4.44. The molecule has 3 nitrogen and oxygen atoms in total. The van der Waals surface area contributed by atoms with Gasteiger partial charge in [-0.15, -0.1) is 0 Å². The second-order valence-corrected chi connectivity index (χ2v) is 7.04. The summed E-state index contributed by atoms with van der Waals surface area (Å²) < 4.78 is 0. The van der Waals surface area contributed by atoms with E-state index < -0.39 is 0 Å². The topological polar surface area (TPSA) is 32.3 Å². The van der Waals surface area contributed by atoms with Crippen LogP contribution in [-0.4, -0.2) is 23.9 Å². The molecule has 0 radical (unpaired) electrons. The second-order valence-electron chi connectivity index (χ2n) is 7.04. The number of rotatable bonds is 6. The first-order valence-corrected chi connectivity index (χ1v) is 8.57. The number of anilines is 1. The molecule has 128 valence electrons. The van der Waals surface area contributed by atoms with E-state index in [-0.39, 0.29) is 11.3 Å². The van der Waals surface area contributed by atoms with E-state index in [1.54, 1.807) is 0 Å². The molecular weight excluding hydrogens is 296 g/mol. The van der Waals surface area contributed by atoms with Gasteiger partial charge in [-0.1, -0.05) is 69.3 Å². The summed E-state index contributed by atoms with van der Waals surface area (Å²) in [6, 6.07) is 18.3. The van der Waals surface area contributed by atoms with Crippen LogP contribution in [0.25, 0.3) is 0 Å². The van der Waals surface area contributed by atoms with Gasteiger partial charge < -0.3 is 10.2 Å². The molecule has 0 heterocycles. The van der Waals surface area contributed by atoms with Crippen molar-refractivity contribution in [2.45, 2.75) is 39.7 Å². The SMILES string of the molecule is CCN(Cc1ccccc1)C(=O)CNc1ccccc1C(C)(C)C. The Labute approximate surface area is 145 Å². The Bertz CT molecular complexity index is 659. The normalized spacial score (nSPS) is 11.2. The lowest BCUT2D eigenvalue weighted by Gasteiger charge is -2.25. The van der Waals surface area contributed by atoms with Gasteiger partial charge in [0.15, 0.2) is 0 Å². The fourth-order valence-corrected chi connectivity index (χ4v) is 2.75. The van der Waals surface area contributed by atoms with Crippen LogP contribution in [0.15, 0.2) is 54.6 Å². The van der Waals surface area contributed by atoms with Crippen LogP contribution in [-0.2, 0) is 16.8 Å². The molecule has 1 amide bonds. The molecule has 0 aliphatic heterocycles. The number of likely N-dealkylation sites (N-methyl/N-ethyl adjacent to an activating group) is 1. The predicted molar refractivity (Wildman–Crippen MR) is 101 cm³/mol. The molecule has 3 heteroatoms. The van der Waals surface area contributed by atoms with Crippen LogP contribution < -0.4 is 5.32 Å². The minimum atomic E-state index is 0.0428. The zero-order valence-electron chi connectivity index (χ0n) is 15.2. The van der Waals surface area contributed by atoms with E-state index in [0.29, 0.717) is 19.6 Å². The van der Waals surface area contributed by atoms with Crippen LogP contribution in [0, 0.1) is 0 Å². The summed E-state index contributed by atoms with van der Waals surface area (Å²) in [6.45, 7) is 10.2. The zero-order chi connectivity index (χ0) is 17.6. The summed E-state index contributed by atoms with van der Waals surface area (Å²) in [4.78, 5) is 14.5. The molecule has 0 saturated heterocycles. The Kier molecular flexibility index (Phi) is 6.02. The standard InChI is InChI=1S/C21H28N2O/c1-5-23(16-17-11-7-6-8-12-17)20(24)15-22-19-14-10-9-13-18(19)21(2,3)4/h6-14,22H,5,15-16H2,1-4H3. The largest absolute Gasteiger partial charge is 0.376 e. The van der Waals surface area contributed by atoms with Crippen molar-refractivity contribution in [1.29, 1.82) is 0 Å². The fourth-order valence-electron chi connectivity index (χ4n) is 2.75. The van der Waals surface area contributed by atoms with Crippen molar-refractivity contribution in [3.8, 4) is 0 Å². The van der Waals surface area contributed by atoms with Crippen molar-refractivity contribution in [3.63, 3.8) is 0 Å². The van der Waals surface area contributed by atoms with Gasteiger partial charge in [0.05, 0.1) is 6.54 Å². The molecule has 0 aliphatic rings. The molecule has 24 heavy (non-hydrogen) atoms. The molecular formula is C21H28N2O. The Morgan fingerprint density at radius 3 is 2.25 bits per heavy atom. The lowest BCUT2D eigenvalue weighted by molar-refractivity contribution is -0.129. The highest BCUT2D eigenvalue weighted by Crippen LogP contribution is 2.29. The highest BCUT2D eigenvalue weighted by molar-refractivity contribution is 5.81. The third-order valence-electron chi connectivity index (χ3n) is 4.12. The van der Waals surface area contributed by atoms with Gasteiger partial charge in [-0.25, -0.2) is 0 Å². The van der Waals surface area contributed by atoms with Crippen molar-refractivity contribution in [2.75, 3.05) is 18.4 Å². The molecule has 2 rings (SSSR count). The smallest absolute Gasteiger partial charge is 0.242 e. The Morgan fingerprint density at radius 1 is 1.00 bits per heavy atom. The number of carbonyl (C=O) groups is 1. The Balaban J connectivity index is 2.02. The van der Waals surface area contributed by atoms with Crippen LogP contribution in [0.1, 0.15) is 38.8 Å². The maximum Gasteiger partial charge on any atom is 0.242 e. The first-order chi connectivity index (χ1) is 11.4. The fraction of sp³-hybridized carbons (Fsp3) is 0.381. The van der Waals surface area contributed by atoms with Gasteiger partial charge in [-0.3, -0.25) is 4.79 Å². The average Bonchev–Trinajstić information content (AvgIpc) is 2.58. The van der Waals surface area contributed by atoms with E-state index in [9.17, 15) is 4.79 Å². The molecule has 0 unspecified atom stereocenters. The molecule has 0 spiro atoms. The van der Waals surface area contributed by atoms with Gasteiger partial charge in [-0.2, -0.15) is 0 Å². The van der Waals surface area contributed by atoms with Gasteiger partial charge in [0.1, 0.15) is 0 Å². The maximum absolute atomic E-state index is 12.6. The maximum atomic E-state index is 12.6. The van der Waals surface area contributed by atoms with Crippen LogP contribution in [0.5, 0.6) is 0 Å². The van der Waals surface area contributed by atoms with Crippen LogP contribution in [0.2, 0.25) is 0 Å². The highest BCUT2D eigenvalue weighted by atomic mass is 16.2. The average molecular weight is 324 g/mol.